The van der Waals surface area contributed by atoms with Crippen LogP contribution in [0.1, 0.15) is 22.9 Å². The summed E-state index contributed by atoms with van der Waals surface area (Å²) in [5, 5.41) is 7.97. The van der Waals surface area contributed by atoms with Gasteiger partial charge in [0.25, 0.3) is 0 Å². The van der Waals surface area contributed by atoms with Gasteiger partial charge < -0.3 is 14.2 Å². The van der Waals surface area contributed by atoms with E-state index in [4.69, 9.17) is 18.8 Å². The zero-order valence-corrected chi connectivity index (χ0v) is 30.2. The molecule has 2 aromatic heterocycles. The Morgan fingerprint density at radius 1 is 0.393 bits per heavy atom. The Bertz CT molecular complexity index is 3170. The number of aliphatic imine (C=N–C) groups is 2. The summed E-state index contributed by atoms with van der Waals surface area (Å²) >= 11 is 0. The quantitative estimate of drug-likeness (QED) is 0.186. The zero-order chi connectivity index (χ0) is 37.0. The van der Waals surface area contributed by atoms with Crippen LogP contribution in [0.3, 0.4) is 0 Å². The average molecular weight is 720 g/mol. The second kappa shape index (κ2) is 13.1. The van der Waals surface area contributed by atoms with Gasteiger partial charge in [0.1, 0.15) is 34.3 Å². The molecule has 0 aliphatic carbocycles. The summed E-state index contributed by atoms with van der Waals surface area (Å²) in [5.41, 5.74) is 13.1. The summed E-state index contributed by atoms with van der Waals surface area (Å²) in [4.78, 5) is 10.1. The van der Waals surface area contributed by atoms with Gasteiger partial charge in [-0.25, -0.2) is 9.98 Å². The van der Waals surface area contributed by atoms with Crippen LogP contribution in [0.2, 0.25) is 0 Å². The largest absolute Gasteiger partial charge is 0.456 e. The third-order valence-corrected chi connectivity index (χ3v) is 10.8. The molecule has 10 aromatic rings. The highest BCUT2D eigenvalue weighted by atomic mass is 16.3. The fraction of sp³-hybridized carbons (Fsp3) is 0.0196. The molecule has 1 unspecified atom stereocenters. The predicted octanol–water partition coefficient (Wildman–Crippen LogP) is 13.0. The van der Waals surface area contributed by atoms with Crippen LogP contribution in [-0.4, -0.2) is 11.7 Å². The molecule has 3 heterocycles. The molecule has 8 aromatic carbocycles. The summed E-state index contributed by atoms with van der Waals surface area (Å²) in [6.07, 6.45) is -0.262. The lowest BCUT2D eigenvalue weighted by molar-refractivity contribution is 0.668. The molecule has 11 rings (SSSR count). The molecular weight excluding hydrogens is 687 g/mol. The van der Waals surface area contributed by atoms with E-state index in [2.05, 4.69) is 145 Å². The topological polar surface area (TPSA) is 63.0 Å². The molecule has 1 aliphatic rings. The summed E-state index contributed by atoms with van der Waals surface area (Å²) in [7, 11) is 0. The number of hydrogen-bond acceptors (Lipinski definition) is 5. The van der Waals surface area contributed by atoms with Crippen LogP contribution in [0.25, 0.3) is 77.3 Å². The molecule has 1 atom stereocenters. The van der Waals surface area contributed by atoms with Crippen molar-refractivity contribution >= 4 is 55.5 Å². The first-order valence-electron chi connectivity index (χ1n) is 18.8. The maximum atomic E-state index is 6.62. The lowest BCUT2D eigenvalue weighted by Gasteiger charge is -2.23. The van der Waals surface area contributed by atoms with E-state index in [-0.39, 0.29) is 6.17 Å². The number of furan rings is 2. The number of para-hydroxylation sites is 1. The molecule has 0 amide bonds. The first-order valence-corrected chi connectivity index (χ1v) is 18.8. The maximum absolute atomic E-state index is 6.62. The van der Waals surface area contributed by atoms with Crippen LogP contribution in [-0.2, 0) is 0 Å². The van der Waals surface area contributed by atoms with E-state index in [0.29, 0.717) is 5.84 Å². The third kappa shape index (κ3) is 5.48. The molecule has 1 N–H and O–H groups in total. The van der Waals surface area contributed by atoms with Crippen molar-refractivity contribution in [2.75, 3.05) is 0 Å². The highest BCUT2D eigenvalue weighted by molar-refractivity contribution is 6.15. The van der Waals surface area contributed by atoms with Gasteiger partial charge in [0, 0.05) is 32.7 Å². The first kappa shape index (κ1) is 32.0. The molecule has 56 heavy (non-hydrogen) atoms. The molecule has 1 aliphatic heterocycles. The van der Waals surface area contributed by atoms with Crippen LogP contribution in [0.4, 0.5) is 0 Å². The number of hydrogen-bond donors (Lipinski definition) is 1. The minimum atomic E-state index is -0.262. The number of nitrogens with one attached hydrogen (secondary N) is 1. The van der Waals surface area contributed by atoms with Gasteiger partial charge in [-0.05, 0) is 81.4 Å². The van der Waals surface area contributed by atoms with Gasteiger partial charge in [0.05, 0.1) is 0 Å². The molecule has 0 fully saturated rings. The van der Waals surface area contributed by atoms with Crippen molar-refractivity contribution in [2.45, 2.75) is 6.17 Å². The predicted molar refractivity (Wildman–Crippen MR) is 229 cm³/mol. The molecular formula is C51H33N3O2. The fourth-order valence-corrected chi connectivity index (χ4v) is 8.06. The second-order valence-electron chi connectivity index (χ2n) is 14.2. The van der Waals surface area contributed by atoms with Crippen LogP contribution >= 0.6 is 0 Å². The number of amidine groups is 2. The summed E-state index contributed by atoms with van der Waals surface area (Å²) < 4.78 is 12.9. The van der Waals surface area contributed by atoms with Crippen molar-refractivity contribution in [2.24, 2.45) is 9.98 Å². The highest BCUT2D eigenvalue weighted by Gasteiger charge is 2.22. The van der Waals surface area contributed by atoms with E-state index >= 15 is 0 Å². The van der Waals surface area contributed by atoms with Crippen molar-refractivity contribution < 1.29 is 8.83 Å². The van der Waals surface area contributed by atoms with E-state index in [1.54, 1.807) is 0 Å². The number of fused-ring (bicyclic) bond motifs is 6. The Hall–Kier alpha value is -7.50. The smallest absolute Gasteiger partial charge is 0.159 e. The molecule has 264 valence electrons. The highest BCUT2D eigenvalue weighted by Crippen LogP contribution is 2.42. The Balaban J connectivity index is 0.981. The Morgan fingerprint density at radius 3 is 1.88 bits per heavy atom. The monoisotopic (exact) mass is 719 g/mol. The van der Waals surface area contributed by atoms with Gasteiger partial charge in [0.15, 0.2) is 5.84 Å². The molecule has 5 nitrogen and oxygen atoms in total. The van der Waals surface area contributed by atoms with Gasteiger partial charge in [-0.2, -0.15) is 0 Å². The summed E-state index contributed by atoms with van der Waals surface area (Å²) in [6.45, 7) is 0. The number of nitrogens with zero attached hydrogens (tertiary/aromatic N) is 2. The Labute approximate surface area is 322 Å². The van der Waals surface area contributed by atoms with E-state index in [1.165, 1.54) is 0 Å². The Kier molecular flexibility index (Phi) is 7.49. The van der Waals surface area contributed by atoms with Gasteiger partial charge in [0.2, 0.25) is 0 Å². The lowest BCUT2D eigenvalue weighted by Crippen LogP contribution is -2.33. The van der Waals surface area contributed by atoms with Crippen molar-refractivity contribution in [3.05, 3.63) is 205 Å². The SMILES string of the molecule is c1ccc(C2=NC(c3cccc(-c4ccc5c(c4)oc4cccc(-c6ccccc6-c6ccc7c(c6)oc6ccccc67)c45)c3)=NC(c3ccccc3)N2)cc1. The van der Waals surface area contributed by atoms with E-state index in [0.717, 1.165) is 99.8 Å². The normalized spacial score (nSPS) is 14.2. The molecule has 5 heteroatoms. The van der Waals surface area contributed by atoms with Crippen LogP contribution in [0.5, 0.6) is 0 Å². The standard InChI is InChI=1S/C51H33N3O2/c1-3-13-32(14-4-1)49-52-50(33-15-5-2-6-16-33)54-51(53-49)37-18-11-17-34(29-37)35-25-28-43-47(30-35)56-45-24-12-22-42(48(43)45)39-20-8-7-19-38(39)36-26-27-41-40-21-9-10-23-44(40)55-46(41)31-36/h1-31,49H,(H,52,53,54). The van der Waals surface area contributed by atoms with Gasteiger partial charge in [-0.3, -0.25) is 0 Å². The maximum Gasteiger partial charge on any atom is 0.159 e. The molecule has 0 radical (unpaired) electrons. The Morgan fingerprint density at radius 2 is 0.982 bits per heavy atom. The minimum absolute atomic E-state index is 0.262. The molecule has 0 spiro atoms. The van der Waals surface area contributed by atoms with Crippen LogP contribution in [0, 0.1) is 0 Å². The van der Waals surface area contributed by atoms with E-state index in [1.807, 2.05) is 48.5 Å². The van der Waals surface area contributed by atoms with Crippen LogP contribution in [0.15, 0.2) is 207 Å². The zero-order valence-electron chi connectivity index (χ0n) is 30.2. The number of rotatable bonds is 6. The number of benzene rings is 8. The van der Waals surface area contributed by atoms with Crippen molar-refractivity contribution in [3.8, 4) is 33.4 Å². The van der Waals surface area contributed by atoms with Crippen molar-refractivity contribution in [3.63, 3.8) is 0 Å². The van der Waals surface area contributed by atoms with Gasteiger partial charge in [-0.1, -0.05) is 146 Å². The van der Waals surface area contributed by atoms with E-state index < -0.39 is 0 Å². The molecule has 0 saturated heterocycles. The van der Waals surface area contributed by atoms with Gasteiger partial charge >= 0.3 is 0 Å². The molecule has 0 saturated carbocycles. The van der Waals surface area contributed by atoms with Gasteiger partial charge in [-0.15, -0.1) is 0 Å². The van der Waals surface area contributed by atoms with Crippen molar-refractivity contribution in [1.29, 1.82) is 0 Å². The second-order valence-corrected chi connectivity index (χ2v) is 14.2. The summed E-state index contributed by atoms with van der Waals surface area (Å²) in [5.74, 6) is 1.48. The summed E-state index contributed by atoms with van der Waals surface area (Å²) in [6, 6.07) is 65.1. The average Bonchev–Trinajstić information content (AvgIpc) is 3.84. The fourth-order valence-electron chi connectivity index (χ4n) is 8.06. The van der Waals surface area contributed by atoms with Crippen LogP contribution < -0.4 is 5.32 Å². The van der Waals surface area contributed by atoms with Crippen molar-refractivity contribution in [1.82, 2.24) is 5.32 Å². The van der Waals surface area contributed by atoms with E-state index in [9.17, 15) is 0 Å². The first-order chi connectivity index (χ1) is 27.7. The third-order valence-electron chi connectivity index (χ3n) is 10.8. The minimum Gasteiger partial charge on any atom is -0.456 e. The molecule has 0 bridgehead atoms. The lowest BCUT2D eigenvalue weighted by atomic mass is 9.91.